The average Bonchev–Trinajstić information content (AvgIpc) is 3.68. The summed E-state index contributed by atoms with van der Waals surface area (Å²) >= 11 is 0. The summed E-state index contributed by atoms with van der Waals surface area (Å²) in [5, 5.41) is 3.44. The number of rotatable bonds is 9. The average molecular weight is 547 g/mol. The summed E-state index contributed by atoms with van der Waals surface area (Å²) in [5.41, 5.74) is 0.718. The summed E-state index contributed by atoms with van der Waals surface area (Å²) < 4.78 is 52.2. The van der Waals surface area contributed by atoms with Crippen molar-refractivity contribution in [1.82, 2.24) is 29.5 Å². The minimum Gasteiger partial charge on any atom is -0.486 e. The molecule has 10 nitrogen and oxygen atoms in total. The van der Waals surface area contributed by atoms with E-state index in [-0.39, 0.29) is 6.10 Å². The molecule has 0 radical (unpaired) electrons. The number of hydrogen-bond acceptors (Lipinski definition) is 9. The van der Waals surface area contributed by atoms with Gasteiger partial charge in [0.1, 0.15) is 11.9 Å². The molecule has 0 aromatic carbocycles. The van der Waals surface area contributed by atoms with Gasteiger partial charge in [0.25, 0.3) is 0 Å². The lowest BCUT2D eigenvalue weighted by atomic mass is 9.97. The lowest BCUT2D eigenvalue weighted by Crippen LogP contribution is -2.37. The summed E-state index contributed by atoms with van der Waals surface area (Å²) in [6.45, 7) is 5.73. The Morgan fingerprint density at radius 3 is 2.44 bits per heavy atom. The molecule has 210 valence electrons. The molecule has 13 heteroatoms. The van der Waals surface area contributed by atoms with E-state index in [1.807, 2.05) is 18.7 Å². The minimum absolute atomic E-state index is 0.0702. The van der Waals surface area contributed by atoms with Crippen molar-refractivity contribution in [2.75, 3.05) is 37.0 Å². The molecule has 4 heterocycles. The molecule has 1 saturated heterocycles. The number of aryl methyl sites for hydroxylation is 1. The van der Waals surface area contributed by atoms with Crippen LogP contribution in [-0.2, 0) is 13.2 Å². The van der Waals surface area contributed by atoms with Gasteiger partial charge in [-0.2, -0.15) is 13.2 Å². The largest absolute Gasteiger partial charge is 0.486 e. The highest BCUT2D eigenvalue weighted by molar-refractivity contribution is 5.68. The Morgan fingerprint density at radius 2 is 1.82 bits per heavy atom. The van der Waals surface area contributed by atoms with E-state index in [0.29, 0.717) is 66.3 Å². The first-order chi connectivity index (χ1) is 18.6. The smallest absolute Gasteiger partial charge is 0.434 e. The fourth-order valence-corrected chi connectivity index (χ4v) is 4.84. The summed E-state index contributed by atoms with van der Waals surface area (Å²) in [5.74, 6) is 3.01. The van der Waals surface area contributed by atoms with Crippen LogP contribution in [0.2, 0.25) is 0 Å². The van der Waals surface area contributed by atoms with E-state index in [0.717, 1.165) is 37.6 Å². The number of anilines is 2. The number of aromatic nitrogens is 6. The summed E-state index contributed by atoms with van der Waals surface area (Å²) in [4.78, 5) is 23.9. The van der Waals surface area contributed by atoms with Crippen LogP contribution in [0.1, 0.15) is 56.8 Å². The number of piperidine rings is 1. The van der Waals surface area contributed by atoms with Crippen molar-refractivity contribution in [3.8, 4) is 23.0 Å². The third kappa shape index (κ3) is 6.01. The lowest BCUT2D eigenvalue weighted by molar-refractivity contribution is -0.140. The molecule has 39 heavy (non-hydrogen) atoms. The summed E-state index contributed by atoms with van der Waals surface area (Å²) in [7, 11) is 3.16. The molecule has 2 aliphatic rings. The van der Waals surface area contributed by atoms with Crippen molar-refractivity contribution in [3.63, 3.8) is 0 Å². The van der Waals surface area contributed by atoms with Gasteiger partial charge in [-0.1, -0.05) is 0 Å². The molecule has 2 fully saturated rings. The van der Waals surface area contributed by atoms with E-state index >= 15 is 0 Å². The molecule has 0 amide bonds. The number of imidazole rings is 1. The third-order valence-corrected chi connectivity index (χ3v) is 6.94. The maximum atomic E-state index is 13.1. The van der Waals surface area contributed by atoms with Crippen LogP contribution in [-0.4, -0.2) is 62.3 Å². The van der Waals surface area contributed by atoms with E-state index in [4.69, 9.17) is 14.5 Å². The number of methoxy groups -OCH3 is 1. The fraction of sp³-hybridized carbons (Fsp3) is 0.577. The number of halogens is 3. The first-order valence-corrected chi connectivity index (χ1v) is 13.2. The highest BCUT2D eigenvalue weighted by atomic mass is 19.4. The zero-order chi connectivity index (χ0) is 27.7. The van der Waals surface area contributed by atoms with Crippen LogP contribution >= 0.6 is 0 Å². The third-order valence-electron chi connectivity index (χ3n) is 6.94. The van der Waals surface area contributed by atoms with Gasteiger partial charge in [0, 0.05) is 38.8 Å². The topological polar surface area (TPSA) is 103 Å². The van der Waals surface area contributed by atoms with Crippen LogP contribution in [0.4, 0.5) is 24.9 Å². The number of alkyl halides is 3. The van der Waals surface area contributed by atoms with Gasteiger partial charge >= 0.3 is 6.18 Å². The second-order valence-electron chi connectivity index (χ2n) is 10.3. The Bertz CT molecular complexity index is 1300. The molecular formula is C26H33F3N8O2. The molecular weight excluding hydrogens is 513 g/mol. The van der Waals surface area contributed by atoms with Crippen molar-refractivity contribution in [3.05, 3.63) is 30.1 Å². The second-order valence-corrected chi connectivity index (χ2v) is 10.3. The van der Waals surface area contributed by atoms with Crippen LogP contribution in [0, 0.1) is 5.92 Å². The van der Waals surface area contributed by atoms with Crippen molar-refractivity contribution >= 4 is 11.8 Å². The van der Waals surface area contributed by atoms with E-state index in [1.54, 1.807) is 20.4 Å². The van der Waals surface area contributed by atoms with Crippen LogP contribution in [0.15, 0.2) is 18.7 Å². The van der Waals surface area contributed by atoms with E-state index in [9.17, 15) is 13.2 Å². The maximum Gasteiger partial charge on any atom is 0.434 e. The van der Waals surface area contributed by atoms with Gasteiger partial charge in [-0.05, 0) is 45.4 Å². The minimum atomic E-state index is -4.46. The number of nitrogens with one attached hydrogen (secondary N) is 1. The molecule has 0 spiro atoms. The molecule has 1 aliphatic carbocycles. The highest BCUT2D eigenvalue weighted by Crippen LogP contribution is 2.45. The normalized spacial score (nSPS) is 16.6. The van der Waals surface area contributed by atoms with Crippen LogP contribution < -0.4 is 19.7 Å². The molecule has 0 atom stereocenters. The highest BCUT2D eigenvalue weighted by Gasteiger charge is 2.36. The first kappa shape index (κ1) is 26.9. The number of hydrogen-bond donors (Lipinski definition) is 1. The Morgan fingerprint density at radius 1 is 1.08 bits per heavy atom. The second kappa shape index (κ2) is 10.9. The summed E-state index contributed by atoms with van der Waals surface area (Å²) in [6.07, 6.45) is 3.38. The zero-order valence-electron chi connectivity index (χ0n) is 22.5. The number of ether oxygens (including phenoxy) is 2. The number of nitrogens with zero attached hydrogens (tertiary/aromatic N) is 7. The SMILES string of the molecule is COc1ncnc(C2CC2)c1-c1ncc(OC(C)C)c(NCC2CCN(c3nc(C(F)(F)F)cn3C)CC2)n1. The summed E-state index contributed by atoms with van der Waals surface area (Å²) in [6, 6.07) is 0. The molecule has 3 aromatic rings. The maximum absolute atomic E-state index is 13.1. The van der Waals surface area contributed by atoms with E-state index in [2.05, 4.69) is 25.3 Å². The van der Waals surface area contributed by atoms with Gasteiger partial charge in [-0.25, -0.2) is 24.9 Å². The van der Waals surface area contributed by atoms with Gasteiger partial charge in [-0.3, -0.25) is 0 Å². The Hall–Kier alpha value is -3.64. The Kier molecular flexibility index (Phi) is 7.50. The Balaban J connectivity index is 1.31. The first-order valence-electron chi connectivity index (χ1n) is 13.2. The predicted molar refractivity (Wildman–Crippen MR) is 139 cm³/mol. The molecule has 3 aromatic heterocycles. The molecule has 5 rings (SSSR count). The molecule has 0 unspecified atom stereocenters. The molecule has 1 saturated carbocycles. The van der Waals surface area contributed by atoms with Crippen molar-refractivity contribution in [2.45, 2.75) is 57.7 Å². The van der Waals surface area contributed by atoms with Crippen LogP contribution in [0.25, 0.3) is 11.4 Å². The molecule has 1 aliphatic heterocycles. The fourth-order valence-electron chi connectivity index (χ4n) is 4.84. The van der Waals surface area contributed by atoms with Gasteiger partial charge < -0.3 is 24.3 Å². The van der Waals surface area contributed by atoms with Crippen LogP contribution in [0.5, 0.6) is 11.6 Å². The molecule has 1 N–H and O–H groups in total. The van der Waals surface area contributed by atoms with Crippen LogP contribution in [0.3, 0.4) is 0 Å². The van der Waals surface area contributed by atoms with Gasteiger partial charge in [0.2, 0.25) is 11.8 Å². The van der Waals surface area contributed by atoms with Gasteiger partial charge in [0.05, 0.1) is 25.1 Å². The standard InChI is InChI=1S/C26H33F3N8O2/c1-15(2)39-18-12-31-23(20-21(17-5-6-17)32-14-33-24(20)38-4)35-22(18)30-11-16-7-9-37(10-8-16)25-34-19(13-36(25)3)26(27,28)29/h12-17H,5-11H2,1-4H3,(H,30,31,35). The quantitative estimate of drug-likeness (QED) is 0.410. The Labute approximate surface area is 225 Å². The van der Waals surface area contributed by atoms with Gasteiger partial charge in [-0.15, -0.1) is 0 Å². The van der Waals surface area contributed by atoms with E-state index in [1.165, 1.54) is 10.9 Å². The lowest BCUT2D eigenvalue weighted by Gasteiger charge is -2.32. The van der Waals surface area contributed by atoms with E-state index < -0.39 is 11.9 Å². The van der Waals surface area contributed by atoms with Crippen molar-refractivity contribution in [2.24, 2.45) is 13.0 Å². The molecule has 0 bridgehead atoms. The van der Waals surface area contributed by atoms with Crippen molar-refractivity contribution < 1.29 is 22.6 Å². The predicted octanol–water partition coefficient (Wildman–Crippen LogP) is 4.69. The van der Waals surface area contributed by atoms with Crippen molar-refractivity contribution in [1.29, 1.82) is 0 Å². The van der Waals surface area contributed by atoms with Gasteiger partial charge in [0.15, 0.2) is 23.1 Å². The zero-order valence-corrected chi connectivity index (χ0v) is 22.5. The monoisotopic (exact) mass is 546 g/mol.